The Labute approximate surface area is 97.8 Å². The number of amides is 1. The first-order valence-electron chi connectivity index (χ1n) is 6.18. The summed E-state index contributed by atoms with van der Waals surface area (Å²) in [6.45, 7) is 0.735. The number of carbonyl (C=O) groups excluding carboxylic acids is 1. The summed E-state index contributed by atoms with van der Waals surface area (Å²) in [5, 5.41) is 2.98. The van der Waals surface area contributed by atoms with E-state index in [2.05, 4.69) is 5.32 Å². The average Bonchev–Trinajstić information content (AvgIpc) is 2.17. The topological polar surface area (TPSA) is 29.1 Å². The zero-order valence-electron chi connectivity index (χ0n) is 9.43. The molecule has 0 atom stereocenters. The number of nitrogens with one attached hydrogen (secondary N) is 1. The van der Waals surface area contributed by atoms with Crippen molar-refractivity contribution in [2.24, 2.45) is 5.92 Å². The first-order valence-corrected chi connectivity index (χ1v) is 6.71. The summed E-state index contributed by atoms with van der Waals surface area (Å²) in [5.41, 5.74) is 0. The van der Waals surface area contributed by atoms with E-state index < -0.39 is 0 Å². The second-order valence-corrected chi connectivity index (χ2v) is 4.75. The van der Waals surface area contributed by atoms with Crippen LogP contribution in [-0.4, -0.2) is 18.3 Å². The molecule has 15 heavy (non-hydrogen) atoms. The highest BCUT2D eigenvalue weighted by Crippen LogP contribution is 2.22. The third-order valence-corrected chi connectivity index (χ3v) is 3.35. The number of alkyl halides is 1. The SMILES string of the molecule is O=C(NCCCCl)C1CCCCCCC1. The van der Waals surface area contributed by atoms with Crippen molar-refractivity contribution in [1.29, 1.82) is 0 Å². The van der Waals surface area contributed by atoms with Gasteiger partial charge in [-0.15, -0.1) is 11.6 Å². The minimum Gasteiger partial charge on any atom is -0.356 e. The van der Waals surface area contributed by atoms with Gasteiger partial charge in [0.1, 0.15) is 0 Å². The Hall–Kier alpha value is -0.240. The van der Waals surface area contributed by atoms with E-state index in [0.717, 1.165) is 25.8 Å². The molecule has 1 saturated carbocycles. The molecule has 0 heterocycles. The third-order valence-electron chi connectivity index (χ3n) is 3.09. The summed E-state index contributed by atoms with van der Waals surface area (Å²) in [6, 6.07) is 0. The van der Waals surface area contributed by atoms with Gasteiger partial charge >= 0.3 is 0 Å². The number of hydrogen-bond donors (Lipinski definition) is 1. The van der Waals surface area contributed by atoms with Gasteiger partial charge in [-0.3, -0.25) is 4.79 Å². The Morgan fingerprint density at radius 3 is 2.33 bits per heavy atom. The van der Waals surface area contributed by atoms with Crippen LogP contribution >= 0.6 is 11.6 Å². The molecule has 0 spiro atoms. The fourth-order valence-corrected chi connectivity index (χ4v) is 2.27. The second kappa shape index (κ2) is 7.98. The lowest BCUT2D eigenvalue weighted by atomic mass is 9.90. The monoisotopic (exact) mass is 231 g/mol. The Kier molecular flexibility index (Phi) is 6.82. The summed E-state index contributed by atoms with van der Waals surface area (Å²) in [4.78, 5) is 11.8. The van der Waals surface area contributed by atoms with Crippen LogP contribution in [0.2, 0.25) is 0 Å². The van der Waals surface area contributed by atoms with Crippen molar-refractivity contribution in [1.82, 2.24) is 5.32 Å². The van der Waals surface area contributed by atoms with Crippen molar-refractivity contribution >= 4 is 17.5 Å². The lowest BCUT2D eigenvalue weighted by Crippen LogP contribution is -2.32. The van der Waals surface area contributed by atoms with Gasteiger partial charge < -0.3 is 5.32 Å². The van der Waals surface area contributed by atoms with E-state index in [1.807, 2.05) is 0 Å². The Morgan fingerprint density at radius 1 is 1.13 bits per heavy atom. The number of carbonyl (C=O) groups is 1. The third kappa shape index (κ3) is 5.41. The van der Waals surface area contributed by atoms with Crippen LogP contribution in [-0.2, 0) is 4.79 Å². The van der Waals surface area contributed by atoms with Gasteiger partial charge in [-0.25, -0.2) is 0 Å². The molecule has 0 unspecified atom stereocenters. The lowest BCUT2D eigenvalue weighted by Gasteiger charge is -2.18. The second-order valence-electron chi connectivity index (χ2n) is 4.38. The zero-order valence-corrected chi connectivity index (χ0v) is 10.2. The number of hydrogen-bond acceptors (Lipinski definition) is 1. The Balaban J connectivity index is 2.22. The fraction of sp³-hybridized carbons (Fsp3) is 0.917. The molecule has 88 valence electrons. The minimum absolute atomic E-state index is 0.252. The largest absolute Gasteiger partial charge is 0.356 e. The molecule has 1 amide bonds. The maximum Gasteiger partial charge on any atom is 0.223 e. The molecule has 1 aliphatic rings. The summed E-state index contributed by atoms with van der Waals surface area (Å²) < 4.78 is 0. The normalized spacial score (nSPS) is 19.3. The van der Waals surface area contributed by atoms with E-state index in [1.165, 1.54) is 32.1 Å². The highest BCUT2D eigenvalue weighted by Gasteiger charge is 2.18. The van der Waals surface area contributed by atoms with Gasteiger partial charge in [0, 0.05) is 18.3 Å². The molecule has 3 heteroatoms. The van der Waals surface area contributed by atoms with E-state index in [-0.39, 0.29) is 11.8 Å². The van der Waals surface area contributed by atoms with Crippen molar-refractivity contribution in [3.8, 4) is 0 Å². The Bertz CT molecular complexity index is 176. The van der Waals surface area contributed by atoms with E-state index >= 15 is 0 Å². The van der Waals surface area contributed by atoms with E-state index in [4.69, 9.17) is 11.6 Å². The fourth-order valence-electron chi connectivity index (χ4n) is 2.14. The van der Waals surface area contributed by atoms with Crippen LogP contribution in [0.3, 0.4) is 0 Å². The first kappa shape index (κ1) is 12.8. The van der Waals surface area contributed by atoms with Crippen LogP contribution in [0.4, 0.5) is 0 Å². The highest BCUT2D eigenvalue weighted by molar-refractivity contribution is 6.17. The quantitative estimate of drug-likeness (QED) is 0.585. The van der Waals surface area contributed by atoms with Gasteiger partial charge in [-0.2, -0.15) is 0 Å². The standard InChI is InChI=1S/C12H22ClNO/c13-9-6-10-14-12(15)11-7-4-2-1-3-5-8-11/h11H,1-10H2,(H,14,15). The minimum atomic E-state index is 0.252. The van der Waals surface area contributed by atoms with Crippen molar-refractivity contribution in [2.75, 3.05) is 12.4 Å². The van der Waals surface area contributed by atoms with Crippen LogP contribution in [0.15, 0.2) is 0 Å². The van der Waals surface area contributed by atoms with Crippen LogP contribution in [0.1, 0.15) is 51.4 Å². The van der Waals surface area contributed by atoms with Crippen molar-refractivity contribution in [3.63, 3.8) is 0 Å². The van der Waals surface area contributed by atoms with Crippen LogP contribution < -0.4 is 5.32 Å². The van der Waals surface area contributed by atoms with Gasteiger partial charge in [0.2, 0.25) is 5.91 Å². The van der Waals surface area contributed by atoms with Crippen molar-refractivity contribution < 1.29 is 4.79 Å². The predicted molar refractivity (Wildman–Crippen MR) is 64.2 cm³/mol. The van der Waals surface area contributed by atoms with Gasteiger partial charge in [0.15, 0.2) is 0 Å². The average molecular weight is 232 g/mol. The zero-order chi connectivity index (χ0) is 10.9. The van der Waals surface area contributed by atoms with Gasteiger partial charge in [0.05, 0.1) is 0 Å². The Morgan fingerprint density at radius 2 is 1.73 bits per heavy atom. The molecule has 0 aromatic heterocycles. The maximum absolute atomic E-state index is 11.8. The van der Waals surface area contributed by atoms with Gasteiger partial charge in [-0.1, -0.05) is 32.1 Å². The van der Waals surface area contributed by atoms with Gasteiger partial charge in [-0.05, 0) is 19.3 Å². The van der Waals surface area contributed by atoms with Crippen molar-refractivity contribution in [3.05, 3.63) is 0 Å². The maximum atomic E-state index is 11.8. The predicted octanol–water partition coefficient (Wildman–Crippen LogP) is 3.09. The number of rotatable bonds is 4. The highest BCUT2D eigenvalue weighted by atomic mass is 35.5. The molecule has 0 aromatic rings. The summed E-state index contributed by atoms with van der Waals surface area (Å²) in [7, 11) is 0. The van der Waals surface area contributed by atoms with Crippen molar-refractivity contribution in [2.45, 2.75) is 51.4 Å². The summed E-state index contributed by atoms with van der Waals surface area (Å²) >= 11 is 5.57. The molecule has 2 nitrogen and oxygen atoms in total. The van der Waals surface area contributed by atoms with Crippen LogP contribution in [0.5, 0.6) is 0 Å². The molecule has 0 aliphatic heterocycles. The summed E-state index contributed by atoms with van der Waals surface area (Å²) in [6.07, 6.45) is 9.40. The first-order chi connectivity index (χ1) is 7.34. The molecule has 0 aromatic carbocycles. The van der Waals surface area contributed by atoms with E-state index in [1.54, 1.807) is 0 Å². The van der Waals surface area contributed by atoms with E-state index in [9.17, 15) is 4.79 Å². The molecule has 0 saturated heterocycles. The lowest BCUT2D eigenvalue weighted by molar-refractivity contribution is -0.125. The van der Waals surface area contributed by atoms with Crippen LogP contribution in [0, 0.1) is 5.92 Å². The molecular formula is C12H22ClNO. The molecule has 1 fully saturated rings. The smallest absolute Gasteiger partial charge is 0.223 e. The molecule has 1 rings (SSSR count). The molecule has 0 bridgehead atoms. The molecule has 1 aliphatic carbocycles. The molecular weight excluding hydrogens is 210 g/mol. The molecule has 1 N–H and O–H groups in total. The summed E-state index contributed by atoms with van der Waals surface area (Å²) in [5.74, 6) is 1.15. The van der Waals surface area contributed by atoms with Crippen LogP contribution in [0.25, 0.3) is 0 Å². The molecule has 0 radical (unpaired) electrons. The van der Waals surface area contributed by atoms with Gasteiger partial charge in [0.25, 0.3) is 0 Å². The number of halogens is 1. The van der Waals surface area contributed by atoms with E-state index in [0.29, 0.717) is 5.88 Å².